The third-order valence-corrected chi connectivity index (χ3v) is 2.22. The molecule has 5 nitrogen and oxygen atoms in total. The summed E-state index contributed by atoms with van der Waals surface area (Å²) >= 11 is 0. The third kappa shape index (κ3) is 2.41. The van der Waals surface area contributed by atoms with Crippen LogP contribution in [0.3, 0.4) is 0 Å². The van der Waals surface area contributed by atoms with Crippen molar-refractivity contribution in [3.05, 3.63) is 23.5 Å². The van der Waals surface area contributed by atoms with Gasteiger partial charge >= 0.3 is 0 Å². The summed E-state index contributed by atoms with van der Waals surface area (Å²) in [5.74, 6) is -0.570. The van der Waals surface area contributed by atoms with Crippen LogP contribution in [-0.4, -0.2) is 35.1 Å². The van der Waals surface area contributed by atoms with Crippen LogP contribution in [0.15, 0.2) is 12.1 Å². The zero-order valence-corrected chi connectivity index (χ0v) is 8.72. The molecule has 16 heavy (non-hydrogen) atoms. The molecule has 0 amide bonds. The lowest BCUT2D eigenvalue weighted by Gasteiger charge is -2.18. The topological polar surface area (TPSA) is 95.9 Å². The van der Waals surface area contributed by atoms with Gasteiger partial charge in [-0.3, -0.25) is 0 Å². The first-order valence-electron chi connectivity index (χ1n) is 4.61. The van der Waals surface area contributed by atoms with Gasteiger partial charge in [0.15, 0.2) is 0 Å². The van der Waals surface area contributed by atoms with Crippen molar-refractivity contribution in [1.29, 1.82) is 0 Å². The predicted octanol–water partition coefficient (Wildman–Crippen LogP) is -0.197. The highest BCUT2D eigenvalue weighted by Gasteiger charge is 2.22. The van der Waals surface area contributed by atoms with E-state index >= 15 is 0 Å². The molecule has 90 valence electrons. The summed E-state index contributed by atoms with van der Waals surface area (Å²) in [4.78, 5) is 0. The number of benzene rings is 1. The number of ether oxygens (including phenoxy) is 1. The molecule has 0 saturated carbocycles. The van der Waals surface area contributed by atoms with Crippen molar-refractivity contribution in [2.75, 3.05) is 19.5 Å². The van der Waals surface area contributed by atoms with E-state index in [2.05, 4.69) is 0 Å². The number of nitrogen functional groups attached to an aromatic ring is 1. The Bertz CT molecular complexity index is 372. The van der Waals surface area contributed by atoms with Gasteiger partial charge in [-0.2, -0.15) is 0 Å². The molecule has 1 aromatic carbocycles. The first-order valence-corrected chi connectivity index (χ1v) is 4.61. The lowest BCUT2D eigenvalue weighted by atomic mass is 10.0. The van der Waals surface area contributed by atoms with Crippen LogP contribution in [0.5, 0.6) is 5.75 Å². The first-order chi connectivity index (χ1) is 7.51. The van der Waals surface area contributed by atoms with Crippen LogP contribution in [0.2, 0.25) is 0 Å². The van der Waals surface area contributed by atoms with E-state index in [4.69, 9.17) is 15.6 Å². The number of hydrogen-bond donors (Lipinski definition) is 4. The molecule has 0 spiro atoms. The van der Waals surface area contributed by atoms with Gasteiger partial charge in [-0.05, 0) is 6.07 Å². The normalized spacial score (nSPS) is 14.6. The average Bonchev–Trinajstić information content (AvgIpc) is 2.27. The minimum Gasteiger partial charge on any atom is -0.495 e. The summed E-state index contributed by atoms with van der Waals surface area (Å²) in [6.45, 7) is -0.673. The Hall–Kier alpha value is -1.37. The fraction of sp³-hybridized carbons (Fsp3) is 0.400. The molecule has 2 atom stereocenters. The zero-order chi connectivity index (χ0) is 12.3. The average molecular weight is 231 g/mol. The largest absolute Gasteiger partial charge is 0.495 e. The maximum Gasteiger partial charge on any atom is 0.142 e. The molecular formula is C10H14FNO4. The summed E-state index contributed by atoms with van der Waals surface area (Å²) in [6.07, 6.45) is -2.98. The molecule has 0 aliphatic rings. The molecule has 0 aliphatic heterocycles. The van der Waals surface area contributed by atoms with Crippen LogP contribution < -0.4 is 10.5 Å². The number of anilines is 1. The van der Waals surface area contributed by atoms with Gasteiger partial charge in [0, 0.05) is 11.6 Å². The number of aliphatic hydroxyl groups excluding tert-OH is 3. The molecule has 0 heterocycles. The van der Waals surface area contributed by atoms with Gasteiger partial charge in [0.2, 0.25) is 0 Å². The summed E-state index contributed by atoms with van der Waals surface area (Å²) in [5, 5.41) is 27.4. The highest BCUT2D eigenvalue weighted by Crippen LogP contribution is 2.29. The van der Waals surface area contributed by atoms with Gasteiger partial charge < -0.3 is 25.8 Å². The monoisotopic (exact) mass is 231 g/mol. The van der Waals surface area contributed by atoms with Crippen molar-refractivity contribution in [3.8, 4) is 5.75 Å². The standard InChI is InChI=1S/C10H14FNO4/c1-16-9-2-5(6(11)3-7(9)12)10(15)8(14)4-13/h2-3,8,10,13-15H,4,12H2,1H3. The van der Waals surface area contributed by atoms with Crippen molar-refractivity contribution in [1.82, 2.24) is 0 Å². The minimum atomic E-state index is -1.53. The molecule has 0 radical (unpaired) electrons. The molecule has 1 aromatic rings. The van der Waals surface area contributed by atoms with E-state index in [1.54, 1.807) is 0 Å². The highest BCUT2D eigenvalue weighted by molar-refractivity contribution is 5.54. The molecule has 0 aromatic heterocycles. The fourth-order valence-electron chi connectivity index (χ4n) is 1.30. The molecule has 0 fully saturated rings. The van der Waals surface area contributed by atoms with E-state index in [0.29, 0.717) is 0 Å². The second-order valence-corrected chi connectivity index (χ2v) is 3.31. The Morgan fingerprint density at radius 2 is 2.06 bits per heavy atom. The number of methoxy groups -OCH3 is 1. The predicted molar refractivity (Wildman–Crippen MR) is 55.4 cm³/mol. The first kappa shape index (κ1) is 12.7. The second kappa shape index (κ2) is 5.11. The molecule has 5 N–H and O–H groups in total. The van der Waals surface area contributed by atoms with Crippen molar-refractivity contribution < 1.29 is 24.4 Å². The van der Waals surface area contributed by atoms with Crippen molar-refractivity contribution >= 4 is 5.69 Å². The van der Waals surface area contributed by atoms with Crippen LogP contribution in [0.1, 0.15) is 11.7 Å². The van der Waals surface area contributed by atoms with Crippen LogP contribution in [-0.2, 0) is 0 Å². The highest BCUT2D eigenvalue weighted by atomic mass is 19.1. The summed E-state index contributed by atoms with van der Waals surface area (Å²) in [6, 6.07) is 2.18. The number of hydrogen-bond acceptors (Lipinski definition) is 5. The van der Waals surface area contributed by atoms with Gasteiger partial charge in [0.25, 0.3) is 0 Å². The van der Waals surface area contributed by atoms with Gasteiger partial charge in [-0.1, -0.05) is 0 Å². The lowest BCUT2D eigenvalue weighted by molar-refractivity contribution is -0.0169. The second-order valence-electron chi connectivity index (χ2n) is 3.31. The summed E-state index contributed by atoms with van der Waals surface area (Å²) < 4.78 is 18.3. The van der Waals surface area contributed by atoms with Crippen LogP contribution in [0, 0.1) is 5.82 Å². The maximum atomic E-state index is 13.4. The zero-order valence-electron chi connectivity index (χ0n) is 8.72. The van der Waals surface area contributed by atoms with E-state index in [9.17, 15) is 14.6 Å². The van der Waals surface area contributed by atoms with E-state index in [-0.39, 0.29) is 17.0 Å². The molecule has 6 heteroatoms. The fourth-order valence-corrected chi connectivity index (χ4v) is 1.30. The molecular weight excluding hydrogens is 217 g/mol. The number of nitrogens with two attached hydrogens (primary N) is 1. The number of aliphatic hydroxyl groups is 3. The molecule has 0 aliphatic carbocycles. The van der Waals surface area contributed by atoms with Gasteiger partial charge in [-0.25, -0.2) is 4.39 Å². The number of rotatable bonds is 4. The van der Waals surface area contributed by atoms with Gasteiger partial charge in [-0.15, -0.1) is 0 Å². The van der Waals surface area contributed by atoms with E-state index in [0.717, 1.165) is 6.07 Å². The van der Waals surface area contributed by atoms with Crippen molar-refractivity contribution in [2.24, 2.45) is 0 Å². The molecule has 1 rings (SSSR count). The Morgan fingerprint density at radius 1 is 1.44 bits per heavy atom. The van der Waals surface area contributed by atoms with E-state index in [1.807, 2.05) is 0 Å². The van der Waals surface area contributed by atoms with Crippen LogP contribution in [0.25, 0.3) is 0 Å². The molecule has 0 saturated heterocycles. The molecule has 0 bridgehead atoms. The van der Waals surface area contributed by atoms with E-state index in [1.165, 1.54) is 13.2 Å². The summed E-state index contributed by atoms with van der Waals surface area (Å²) in [7, 11) is 1.35. The lowest BCUT2D eigenvalue weighted by Crippen LogP contribution is -2.23. The SMILES string of the molecule is COc1cc(C(O)C(O)CO)c(F)cc1N. The smallest absolute Gasteiger partial charge is 0.142 e. The minimum absolute atomic E-state index is 0.0921. The van der Waals surface area contributed by atoms with E-state index < -0.39 is 24.6 Å². The Balaban J connectivity index is 3.13. The van der Waals surface area contributed by atoms with Crippen LogP contribution in [0.4, 0.5) is 10.1 Å². The van der Waals surface area contributed by atoms with Gasteiger partial charge in [0.05, 0.1) is 19.4 Å². The van der Waals surface area contributed by atoms with Crippen molar-refractivity contribution in [2.45, 2.75) is 12.2 Å². The van der Waals surface area contributed by atoms with Gasteiger partial charge in [0.1, 0.15) is 23.8 Å². The van der Waals surface area contributed by atoms with Crippen LogP contribution >= 0.6 is 0 Å². The quantitative estimate of drug-likeness (QED) is 0.538. The molecule has 2 unspecified atom stereocenters. The summed E-state index contributed by atoms with van der Waals surface area (Å²) in [5.41, 5.74) is 5.37. The Kier molecular flexibility index (Phi) is 4.05. The number of halogens is 1. The Morgan fingerprint density at radius 3 is 2.56 bits per heavy atom. The maximum absolute atomic E-state index is 13.4. The Labute approximate surface area is 91.9 Å². The third-order valence-electron chi connectivity index (χ3n) is 2.22. The van der Waals surface area contributed by atoms with Crippen molar-refractivity contribution in [3.63, 3.8) is 0 Å².